The molecule has 0 atom stereocenters. The fourth-order valence-corrected chi connectivity index (χ4v) is 2.00. The molecule has 0 radical (unpaired) electrons. The van der Waals surface area contributed by atoms with Gasteiger partial charge in [0, 0.05) is 0 Å². The van der Waals surface area contributed by atoms with E-state index in [-0.39, 0.29) is 0 Å². The van der Waals surface area contributed by atoms with Crippen LogP contribution in [0.2, 0.25) is 0 Å². The van der Waals surface area contributed by atoms with Gasteiger partial charge in [-0.15, -0.1) is 0 Å². The summed E-state index contributed by atoms with van der Waals surface area (Å²) in [6.07, 6.45) is 5.55. The molecule has 1 aliphatic carbocycles. The van der Waals surface area contributed by atoms with Crippen molar-refractivity contribution in [3.05, 3.63) is 29.6 Å². The summed E-state index contributed by atoms with van der Waals surface area (Å²) in [5, 5.41) is 0. The standard InChI is InChI=1S/C10H10N2/c1-2-7-4-9-10(12-6-11-9)5-8(7)3-1/h4-6H,1-3H2,(H,11,12). The molecule has 0 spiro atoms. The van der Waals surface area contributed by atoms with Gasteiger partial charge in [-0.25, -0.2) is 4.98 Å². The van der Waals surface area contributed by atoms with Crippen LogP contribution in [0, 0.1) is 0 Å². The summed E-state index contributed by atoms with van der Waals surface area (Å²) >= 11 is 0. The number of hydrogen-bond acceptors (Lipinski definition) is 1. The van der Waals surface area contributed by atoms with Gasteiger partial charge in [-0.05, 0) is 42.5 Å². The summed E-state index contributed by atoms with van der Waals surface area (Å²) in [5.41, 5.74) is 5.28. The van der Waals surface area contributed by atoms with Crippen molar-refractivity contribution in [1.82, 2.24) is 9.97 Å². The van der Waals surface area contributed by atoms with Crippen LogP contribution in [0.5, 0.6) is 0 Å². The quantitative estimate of drug-likeness (QED) is 0.624. The first-order valence-corrected chi connectivity index (χ1v) is 4.38. The third-order valence-corrected chi connectivity index (χ3v) is 2.63. The van der Waals surface area contributed by atoms with E-state index in [2.05, 4.69) is 22.1 Å². The predicted molar refractivity (Wildman–Crippen MR) is 48.1 cm³/mol. The highest BCUT2D eigenvalue weighted by Gasteiger charge is 2.11. The van der Waals surface area contributed by atoms with Crippen LogP contribution in [0.15, 0.2) is 18.5 Å². The van der Waals surface area contributed by atoms with Crippen molar-refractivity contribution in [3.8, 4) is 0 Å². The normalized spacial score (nSPS) is 15.3. The maximum absolute atomic E-state index is 4.24. The molecule has 2 nitrogen and oxygen atoms in total. The zero-order chi connectivity index (χ0) is 7.97. The lowest BCUT2D eigenvalue weighted by molar-refractivity contribution is 0.912. The smallest absolute Gasteiger partial charge is 0.0931 e. The minimum Gasteiger partial charge on any atom is -0.345 e. The average Bonchev–Trinajstić information content (AvgIpc) is 2.64. The Morgan fingerprint density at radius 1 is 1.17 bits per heavy atom. The van der Waals surface area contributed by atoms with Crippen molar-refractivity contribution in [2.45, 2.75) is 19.3 Å². The Labute approximate surface area is 70.6 Å². The third kappa shape index (κ3) is 0.721. The number of nitrogens with one attached hydrogen (secondary N) is 1. The van der Waals surface area contributed by atoms with Crippen molar-refractivity contribution in [2.75, 3.05) is 0 Å². The molecular formula is C10H10N2. The van der Waals surface area contributed by atoms with E-state index in [9.17, 15) is 0 Å². The maximum Gasteiger partial charge on any atom is 0.0931 e. The number of rotatable bonds is 0. The molecule has 12 heavy (non-hydrogen) atoms. The molecule has 0 fully saturated rings. The van der Waals surface area contributed by atoms with Crippen molar-refractivity contribution in [2.24, 2.45) is 0 Å². The van der Waals surface area contributed by atoms with Crippen LogP contribution < -0.4 is 0 Å². The second-order valence-corrected chi connectivity index (χ2v) is 3.39. The van der Waals surface area contributed by atoms with Crippen LogP contribution in [-0.2, 0) is 12.8 Å². The molecule has 0 bridgehead atoms. The van der Waals surface area contributed by atoms with Gasteiger partial charge >= 0.3 is 0 Å². The van der Waals surface area contributed by atoms with Crippen LogP contribution >= 0.6 is 0 Å². The Morgan fingerprint density at radius 3 is 2.92 bits per heavy atom. The highest BCUT2D eigenvalue weighted by molar-refractivity contribution is 5.76. The summed E-state index contributed by atoms with van der Waals surface area (Å²) in [6.45, 7) is 0. The molecule has 1 N–H and O–H groups in total. The van der Waals surface area contributed by atoms with Crippen molar-refractivity contribution < 1.29 is 0 Å². The van der Waals surface area contributed by atoms with E-state index in [4.69, 9.17) is 0 Å². The van der Waals surface area contributed by atoms with Crippen LogP contribution in [0.3, 0.4) is 0 Å². The summed E-state index contributed by atoms with van der Waals surface area (Å²) in [6, 6.07) is 4.46. The Kier molecular flexibility index (Phi) is 1.09. The number of hydrogen-bond donors (Lipinski definition) is 1. The Balaban J connectivity index is 2.38. The molecule has 2 aromatic rings. The first-order valence-electron chi connectivity index (χ1n) is 4.38. The summed E-state index contributed by atoms with van der Waals surface area (Å²) in [7, 11) is 0. The van der Waals surface area contributed by atoms with Gasteiger partial charge in [-0.2, -0.15) is 0 Å². The van der Waals surface area contributed by atoms with Crippen LogP contribution in [0.1, 0.15) is 17.5 Å². The monoisotopic (exact) mass is 158 g/mol. The van der Waals surface area contributed by atoms with Crippen molar-refractivity contribution in [3.63, 3.8) is 0 Å². The summed E-state index contributed by atoms with van der Waals surface area (Å²) < 4.78 is 0. The van der Waals surface area contributed by atoms with Gasteiger partial charge in [0.15, 0.2) is 0 Å². The third-order valence-electron chi connectivity index (χ3n) is 2.63. The number of aromatic nitrogens is 2. The first-order chi connectivity index (χ1) is 5.93. The van der Waals surface area contributed by atoms with Gasteiger partial charge in [0.25, 0.3) is 0 Å². The van der Waals surface area contributed by atoms with E-state index in [0.717, 1.165) is 5.52 Å². The molecule has 2 heteroatoms. The molecule has 1 aromatic heterocycles. The minimum atomic E-state index is 1.11. The fraction of sp³-hybridized carbons (Fsp3) is 0.300. The molecule has 0 saturated heterocycles. The van der Waals surface area contributed by atoms with E-state index in [0.29, 0.717) is 0 Å². The van der Waals surface area contributed by atoms with E-state index < -0.39 is 0 Å². The maximum atomic E-state index is 4.24. The SMILES string of the molecule is c1nc2cc3c(cc2[nH]1)CCC3. The Bertz CT molecular complexity index is 390. The van der Waals surface area contributed by atoms with Gasteiger partial charge in [0.05, 0.1) is 17.4 Å². The fourth-order valence-electron chi connectivity index (χ4n) is 2.00. The van der Waals surface area contributed by atoms with E-state index in [1.165, 1.54) is 35.9 Å². The molecular weight excluding hydrogens is 148 g/mol. The number of aromatic amines is 1. The second kappa shape index (κ2) is 2.09. The topological polar surface area (TPSA) is 28.7 Å². The molecule has 0 saturated carbocycles. The van der Waals surface area contributed by atoms with Gasteiger partial charge in [-0.3, -0.25) is 0 Å². The molecule has 0 unspecified atom stereocenters. The lowest BCUT2D eigenvalue weighted by atomic mass is 10.1. The molecule has 1 aliphatic rings. The van der Waals surface area contributed by atoms with E-state index in [1.54, 1.807) is 6.33 Å². The summed E-state index contributed by atoms with van der Waals surface area (Å²) in [4.78, 5) is 7.38. The molecule has 60 valence electrons. The number of fused-ring (bicyclic) bond motifs is 2. The van der Waals surface area contributed by atoms with E-state index in [1.807, 2.05) is 0 Å². The zero-order valence-corrected chi connectivity index (χ0v) is 6.80. The van der Waals surface area contributed by atoms with E-state index >= 15 is 0 Å². The number of benzene rings is 1. The number of nitrogens with zero attached hydrogens (tertiary/aromatic N) is 1. The molecule has 0 aliphatic heterocycles. The van der Waals surface area contributed by atoms with Gasteiger partial charge in [-0.1, -0.05) is 0 Å². The lowest BCUT2D eigenvalue weighted by Crippen LogP contribution is -1.81. The Hall–Kier alpha value is -1.31. The first kappa shape index (κ1) is 6.23. The Morgan fingerprint density at radius 2 is 2.00 bits per heavy atom. The molecule has 1 heterocycles. The van der Waals surface area contributed by atoms with Crippen molar-refractivity contribution in [1.29, 1.82) is 0 Å². The van der Waals surface area contributed by atoms with Crippen LogP contribution in [0.4, 0.5) is 0 Å². The van der Waals surface area contributed by atoms with Crippen LogP contribution in [-0.4, -0.2) is 9.97 Å². The largest absolute Gasteiger partial charge is 0.345 e. The second-order valence-electron chi connectivity index (χ2n) is 3.39. The van der Waals surface area contributed by atoms with Gasteiger partial charge in [0.2, 0.25) is 0 Å². The summed E-state index contributed by atoms with van der Waals surface area (Å²) in [5.74, 6) is 0. The molecule has 0 amide bonds. The van der Waals surface area contributed by atoms with Gasteiger partial charge in [0.1, 0.15) is 0 Å². The number of imidazole rings is 1. The number of aryl methyl sites for hydroxylation is 2. The molecule has 3 rings (SSSR count). The van der Waals surface area contributed by atoms with Crippen LogP contribution in [0.25, 0.3) is 11.0 Å². The predicted octanol–water partition coefficient (Wildman–Crippen LogP) is 2.05. The highest BCUT2D eigenvalue weighted by Crippen LogP contribution is 2.25. The number of H-pyrrole nitrogens is 1. The highest BCUT2D eigenvalue weighted by atomic mass is 14.9. The van der Waals surface area contributed by atoms with Gasteiger partial charge < -0.3 is 4.98 Å². The molecule has 1 aromatic carbocycles. The minimum absolute atomic E-state index is 1.11. The van der Waals surface area contributed by atoms with Crippen molar-refractivity contribution >= 4 is 11.0 Å². The lowest BCUT2D eigenvalue weighted by Gasteiger charge is -1.96. The average molecular weight is 158 g/mol. The zero-order valence-electron chi connectivity index (χ0n) is 6.80.